The van der Waals surface area contributed by atoms with Crippen molar-refractivity contribution in [1.29, 1.82) is 0 Å². The summed E-state index contributed by atoms with van der Waals surface area (Å²) in [5.41, 5.74) is -0.874. The second-order valence-corrected chi connectivity index (χ2v) is 4.56. The highest BCUT2D eigenvalue weighted by Gasteiger charge is 2.18. The van der Waals surface area contributed by atoms with Crippen LogP contribution >= 0.6 is 0 Å². The Morgan fingerprint density at radius 2 is 1.86 bits per heavy atom. The van der Waals surface area contributed by atoms with Gasteiger partial charge in [-0.25, -0.2) is 4.79 Å². The monoisotopic (exact) mass is 299 g/mol. The smallest absolute Gasteiger partial charge is 0.301 e. The molecule has 7 nitrogen and oxygen atoms in total. The molecule has 0 fully saturated rings. The van der Waals surface area contributed by atoms with E-state index in [1.165, 1.54) is 6.08 Å². The fourth-order valence-electron chi connectivity index (χ4n) is 1.87. The van der Waals surface area contributed by atoms with Crippen molar-refractivity contribution >= 4 is 17.8 Å². The number of hydrogen-bond acceptors (Lipinski definition) is 4. The molecule has 0 bridgehead atoms. The first-order chi connectivity index (χ1) is 10.5. The van der Waals surface area contributed by atoms with Gasteiger partial charge in [0.2, 0.25) is 0 Å². The van der Waals surface area contributed by atoms with Crippen LogP contribution in [0.2, 0.25) is 0 Å². The van der Waals surface area contributed by atoms with Crippen LogP contribution in [-0.2, 0) is 0 Å². The summed E-state index contributed by atoms with van der Waals surface area (Å²) in [5, 5.41) is 10.9. The number of allylic oxidation sites excluding steroid dienone is 2. The van der Waals surface area contributed by atoms with Crippen LogP contribution in [0.3, 0.4) is 0 Å². The Morgan fingerprint density at radius 1 is 1.18 bits per heavy atom. The van der Waals surface area contributed by atoms with Gasteiger partial charge in [-0.2, -0.15) is 0 Å². The Morgan fingerprint density at radius 3 is 2.50 bits per heavy atom. The highest BCUT2D eigenvalue weighted by Crippen LogP contribution is 2.13. The molecular formula is C15H13N3O4. The van der Waals surface area contributed by atoms with E-state index in [1.807, 2.05) is 41.4 Å². The molecule has 0 saturated heterocycles. The van der Waals surface area contributed by atoms with E-state index in [-0.39, 0.29) is 5.69 Å². The van der Waals surface area contributed by atoms with Gasteiger partial charge in [0.15, 0.2) is 0 Å². The molecule has 0 spiro atoms. The number of nitrogens with one attached hydrogen (secondary N) is 2. The van der Waals surface area contributed by atoms with Crippen LogP contribution in [0.4, 0.5) is 5.69 Å². The van der Waals surface area contributed by atoms with E-state index in [1.54, 1.807) is 13.0 Å². The summed E-state index contributed by atoms with van der Waals surface area (Å²) in [5.74, 6) is 0. The quantitative estimate of drug-likeness (QED) is 0.511. The van der Waals surface area contributed by atoms with Crippen molar-refractivity contribution in [3.05, 3.63) is 84.2 Å². The summed E-state index contributed by atoms with van der Waals surface area (Å²) in [7, 11) is 0. The van der Waals surface area contributed by atoms with E-state index in [9.17, 15) is 19.7 Å². The molecule has 22 heavy (non-hydrogen) atoms. The zero-order chi connectivity index (χ0) is 16.1. The zero-order valence-electron chi connectivity index (χ0n) is 11.7. The minimum absolute atomic E-state index is 0.139. The van der Waals surface area contributed by atoms with Crippen molar-refractivity contribution < 1.29 is 4.92 Å². The van der Waals surface area contributed by atoms with E-state index in [4.69, 9.17) is 0 Å². The van der Waals surface area contributed by atoms with E-state index in [0.29, 0.717) is 0 Å². The summed E-state index contributed by atoms with van der Waals surface area (Å²) >= 11 is 0. The van der Waals surface area contributed by atoms with E-state index in [0.717, 1.165) is 11.1 Å². The minimum atomic E-state index is -1.03. The summed E-state index contributed by atoms with van der Waals surface area (Å²) in [6.45, 7) is 1.81. The number of H-pyrrole nitrogens is 2. The van der Waals surface area contributed by atoms with Crippen molar-refractivity contribution in [1.82, 2.24) is 9.97 Å². The van der Waals surface area contributed by atoms with Crippen molar-refractivity contribution in [3.8, 4) is 0 Å². The summed E-state index contributed by atoms with van der Waals surface area (Å²) in [6, 6.07) is 9.50. The number of nitro groups is 1. The number of benzene rings is 1. The molecule has 1 heterocycles. The summed E-state index contributed by atoms with van der Waals surface area (Å²) < 4.78 is 0. The van der Waals surface area contributed by atoms with Crippen molar-refractivity contribution in [3.63, 3.8) is 0 Å². The molecule has 1 aromatic heterocycles. The predicted octanol–water partition coefficient (Wildman–Crippen LogP) is 2.09. The maximum absolute atomic E-state index is 11.5. The molecule has 0 atom stereocenters. The van der Waals surface area contributed by atoms with Crippen molar-refractivity contribution in [2.75, 3.05) is 0 Å². The Hall–Kier alpha value is -3.22. The molecule has 2 aromatic rings. The van der Waals surface area contributed by atoms with E-state index >= 15 is 0 Å². The second-order valence-electron chi connectivity index (χ2n) is 4.56. The van der Waals surface area contributed by atoms with Gasteiger partial charge < -0.3 is 4.98 Å². The Balaban J connectivity index is 2.38. The fourth-order valence-corrected chi connectivity index (χ4v) is 1.87. The van der Waals surface area contributed by atoms with E-state index in [2.05, 4.69) is 4.98 Å². The van der Waals surface area contributed by atoms with Crippen molar-refractivity contribution in [2.24, 2.45) is 0 Å². The molecule has 2 N–H and O–H groups in total. The van der Waals surface area contributed by atoms with E-state index < -0.39 is 21.9 Å². The van der Waals surface area contributed by atoms with Gasteiger partial charge in [-0.05, 0) is 18.6 Å². The van der Waals surface area contributed by atoms with Gasteiger partial charge in [0.05, 0.1) is 4.92 Å². The maximum Gasteiger partial charge on any atom is 0.357 e. The minimum Gasteiger partial charge on any atom is -0.301 e. The number of nitrogens with zero attached hydrogens (tertiary/aromatic N) is 1. The van der Waals surface area contributed by atoms with Crippen molar-refractivity contribution in [2.45, 2.75) is 6.92 Å². The first-order valence-corrected chi connectivity index (χ1v) is 6.40. The standard InChI is InChI=1S/C15H13N3O4/c1-10(9-11-5-3-2-4-6-11)7-8-12-13(18(21)22)14(19)17-15(20)16-12/h2-9H,1H3,(H2,16,17,19,20)/b8-7+,10-9-. The SMILES string of the molecule is CC(=C/c1ccccc1)/C=C/c1[nH]c(=O)[nH]c(=O)c1[N+](=O)[O-]. The topological polar surface area (TPSA) is 109 Å². The number of rotatable bonds is 4. The fraction of sp³-hybridized carbons (Fsp3) is 0.0667. The lowest BCUT2D eigenvalue weighted by Crippen LogP contribution is -2.25. The maximum atomic E-state index is 11.5. The molecule has 112 valence electrons. The molecule has 0 aliphatic heterocycles. The molecule has 7 heteroatoms. The molecular weight excluding hydrogens is 286 g/mol. The van der Waals surface area contributed by atoms with Crippen LogP contribution in [-0.4, -0.2) is 14.9 Å². The highest BCUT2D eigenvalue weighted by atomic mass is 16.6. The van der Waals surface area contributed by atoms with Crippen LogP contribution in [0.25, 0.3) is 12.2 Å². The predicted molar refractivity (Wildman–Crippen MR) is 83.5 cm³/mol. The van der Waals surface area contributed by atoms with Gasteiger partial charge in [0.25, 0.3) is 0 Å². The molecule has 0 unspecified atom stereocenters. The summed E-state index contributed by atoms with van der Waals surface area (Å²) in [6.07, 6.45) is 4.79. The van der Waals surface area contributed by atoms with Gasteiger partial charge >= 0.3 is 16.9 Å². The number of aromatic nitrogens is 2. The number of aromatic amines is 2. The normalized spacial score (nSPS) is 11.8. The van der Waals surface area contributed by atoms with Crippen LogP contribution in [0, 0.1) is 10.1 Å². The Bertz CT molecular complexity index is 860. The first-order valence-electron chi connectivity index (χ1n) is 6.40. The Labute approximate surface area is 124 Å². The van der Waals surface area contributed by atoms with Crippen LogP contribution < -0.4 is 11.2 Å². The molecule has 0 aliphatic carbocycles. The average Bonchev–Trinajstić information content (AvgIpc) is 2.45. The van der Waals surface area contributed by atoms with Gasteiger partial charge in [-0.3, -0.25) is 19.9 Å². The van der Waals surface area contributed by atoms with Gasteiger partial charge in [0, 0.05) is 0 Å². The third-order valence-corrected chi connectivity index (χ3v) is 2.83. The highest BCUT2D eigenvalue weighted by molar-refractivity contribution is 5.62. The van der Waals surface area contributed by atoms with Gasteiger partial charge in [0.1, 0.15) is 5.69 Å². The first kappa shape index (κ1) is 15.2. The third kappa shape index (κ3) is 3.66. The van der Waals surface area contributed by atoms with Gasteiger partial charge in [-0.15, -0.1) is 0 Å². The molecule has 0 amide bonds. The van der Waals surface area contributed by atoms with Crippen LogP contribution in [0.5, 0.6) is 0 Å². The molecule has 0 aliphatic rings. The van der Waals surface area contributed by atoms with Crippen LogP contribution in [0.15, 0.2) is 51.6 Å². The number of hydrogen-bond donors (Lipinski definition) is 2. The van der Waals surface area contributed by atoms with Gasteiger partial charge in [-0.1, -0.05) is 48.1 Å². The third-order valence-electron chi connectivity index (χ3n) is 2.83. The lowest BCUT2D eigenvalue weighted by Gasteiger charge is -1.97. The second kappa shape index (κ2) is 6.49. The molecule has 1 aromatic carbocycles. The molecule has 0 saturated carbocycles. The molecule has 2 rings (SSSR count). The summed E-state index contributed by atoms with van der Waals surface area (Å²) in [4.78, 5) is 36.9. The Kier molecular flexibility index (Phi) is 4.47. The van der Waals surface area contributed by atoms with Crippen LogP contribution in [0.1, 0.15) is 18.2 Å². The molecule has 0 radical (unpaired) electrons. The zero-order valence-corrected chi connectivity index (χ0v) is 11.7. The largest absolute Gasteiger partial charge is 0.357 e. The lowest BCUT2D eigenvalue weighted by atomic mass is 10.1. The lowest BCUT2D eigenvalue weighted by molar-refractivity contribution is -0.386. The average molecular weight is 299 g/mol.